The first-order valence-electron chi connectivity index (χ1n) is 5.92. The van der Waals surface area contributed by atoms with Crippen molar-refractivity contribution >= 4 is 7.60 Å². The van der Waals surface area contributed by atoms with Gasteiger partial charge in [0.15, 0.2) is 0 Å². The van der Waals surface area contributed by atoms with Crippen molar-refractivity contribution in [3.05, 3.63) is 12.4 Å². The molecule has 0 saturated heterocycles. The lowest BCUT2D eigenvalue weighted by Gasteiger charge is -2.16. The standard InChI is InChI=1S/C12H25O3P/c1-6-16(13,14-9-7-11(2)3)15-10-8-12(4)5/h6,11-12H,1,7-10H2,2-5H3. The van der Waals surface area contributed by atoms with E-state index in [-0.39, 0.29) is 0 Å². The summed E-state index contributed by atoms with van der Waals surface area (Å²) in [5, 5.41) is 0. The lowest BCUT2D eigenvalue weighted by atomic mass is 10.2. The van der Waals surface area contributed by atoms with Crippen LogP contribution in [0.4, 0.5) is 0 Å². The molecule has 0 aromatic carbocycles. The van der Waals surface area contributed by atoms with E-state index in [4.69, 9.17) is 9.05 Å². The average molecular weight is 248 g/mol. The second-order valence-electron chi connectivity index (χ2n) is 4.75. The Labute approximate surface area is 99.8 Å². The quantitative estimate of drug-likeness (QED) is 0.565. The summed E-state index contributed by atoms with van der Waals surface area (Å²) in [5.74, 6) is 2.37. The second-order valence-corrected chi connectivity index (χ2v) is 6.72. The molecule has 96 valence electrons. The molecule has 0 amide bonds. The number of hydrogen-bond donors (Lipinski definition) is 0. The lowest BCUT2D eigenvalue weighted by molar-refractivity contribution is 0.196. The van der Waals surface area contributed by atoms with Crippen LogP contribution in [0, 0.1) is 11.8 Å². The van der Waals surface area contributed by atoms with Crippen LogP contribution in [0.25, 0.3) is 0 Å². The van der Waals surface area contributed by atoms with Crippen molar-refractivity contribution in [1.29, 1.82) is 0 Å². The van der Waals surface area contributed by atoms with Crippen molar-refractivity contribution in [1.82, 2.24) is 0 Å². The summed E-state index contributed by atoms with van der Waals surface area (Å²) in [7, 11) is -3.05. The highest BCUT2D eigenvalue weighted by atomic mass is 31.2. The summed E-state index contributed by atoms with van der Waals surface area (Å²) in [6.07, 6.45) is 1.76. The predicted octanol–water partition coefficient (Wildman–Crippen LogP) is 4.45. The molecule has 0 N–H and O–H groups in total. The second kappa shape index (κ2) is 8.05. The van der Waals surface area contributed by atoms with E-state index < -0.39 is 7.60 Å². The van der Waals surface area contributed by atoms with Crippen molar-refractivity contribution in [3.63, 3.8) is 0 Å². The Bertz CT molecular complexity index is 218. The largest absolute Gasteiger partial charge is 0.353 e. The molecule has 0 aliphatic rings. The maximum absolute atomic E-state index is 12.0. The van der Waals surface area contributed by atoms with Crippen LogP contribution in [-0.4, -0.2) is 13.2 Å². The van der Waals surface area contributed by atoms with Crippen LogP contribution < -0.4 is 0 Å². The van der Waals surface area contributed by atoms with Crippen LogP contribution in [0.15, 0.2) is 12.4 Å². The van der Waals surface area contributed by atoms with Crippen LogP contribution in [0.3, 0.4) is 0 Å². The third-order valence-electron chi connectivity index (χ3n) is 2.16. The molecule has 16 heavy (non-hydrogen) atoms. The first kappa shape index (κ1) is 15.9. The minimum atomic E-state index is -3.05. The van der Waals surface area contributed by atoms with Gasteiger partial charge >= 0.3 is 7.60 Å². The summed E-state index contributed by atoms with van der Waals surface area (Å²) < 4.78 is 22.6. The van der Waals surface area contributed by atoms with Crippen LogP contribution in [-0.2, 0) is 13.6 Å². The average Bonchev–Trinajstić information content (AvgIpc) is 2.16. The molecule has 0 radical (unpaired) electrons. The van der Waals surface area contributed by atoms with Gasteiger partial charge in [0.2, 0.25) is 0 Å². The molecule has 0 heterocycles. The van der Waals surface area contributed by atoms with Gasteiger partial charge in [0.05, 0.1) is 13.2 Å². The highest BCUT2D eigenvalue weighted by Crippen LogP contribution is 2.49. The zero-order valence-electron chi connectivity index (χ0n) is 10.9. The Kier molecular flexibility index (Phi) is 8.00. The van der Waals surface area contributed by atoms with Crippen molar-refractivity contribution in [2.75, 3.05) is 13.2 Å². The summed E-state index contributed by atoms with van der Waals surface area (Å²) >= 11 is 0. The normalized spacial score (nSPS) is 12.4. The van der Waals surface area contributed by atoms with Crippen LogP contribution in [0.1, 0.15) is 40.5 Å². The highest BCUT2D eigenvalue weighted by molar-refractivity contribution is 7.57. The molecule has 0 atom stereocenters. The lowest BCUT2D eigenvalue weighted by Crippen LogP contribution is -2.01. The minimum Gasteiger partial charge on any atom is -0.306 e. The third-order valence-corrected chi connectivity index (χ3v) is 3.69. The van der Waals surface area contributed by atoms with Crippen LogP contribution in [0.2, 0.25) is 0 Å². The van der Waals surface area contributed by atoms with Gasteiger partial charge in [0, 0.05) is 5.82 Å². The highest BCUT2D eigenvalue weighted by Gasteiger charge is 2.19. The van der Waals surface area contributed by atoms with Crippen molar-refractivity contribution in [2.24, 2.45) is 11.8 Å². The van der Waals surface area contributed by atoms with E-state index in [2.05, 4.69) is 34.3 Å². The monoisotopic (exact) mass is 248 g/mol. The molecule has 0 fully saturated rings. The minimum absolute atomic E-state index is 0.461. The topological polar surface area (TPSA) is 35.5 Å². The van der Waals surface area contributed by atoms with E-state index in [0.29, 0.717) is 25.0 Å². The van der Waals surface area contributed by atoms with E-state index in [1.54, 1.807) is 0 Å². The van der Waals surface area contributed by atoms with E-state index in [9.17, 15) is 4.57 Å². The Hall–Kier alpha value is -0.110. The number of hydrogen-bond acceptors (Lipinski definition) is 3. The summed E-state index contributed by atoms with van der Waals surface area (Å²) in [6, 6.07) is 0. The number of rotatable bonds is 9. The molecule has 3 nitrogen and oxygen atoms in total. The van der Waals surface area contributed by atoms with Gasteiger partial charge in [0.25, 0.3) is 0 Å². The van der Waals surface area contributed by atoms with E-state index in [1.165, 1.54) is 5.82 Å². The molecule has 0 spiro atoms. The summed E-state index contributed by atoms with van der Waals surface area (Å²) in [6.45, 7) is 12.8. The van der Waals surface area contributed by atoms with Crippen LogP contribution >= 0.6 is 7.60 Å². The Morgan fingerprint density at radius 1 is 1.06 bits per heavy atom. The maximum Gasteiger partial charge on any atom is 0.353 e. The zero-order valence-corrected chi connectivity index (χ0v) is 11.8. The fourth-order valence-electron chi connectivity index (χ4n) is 0.974. The third kappa shape index (κ3) is 8.09. The predicted molar refractivity (Wildman–Crippen MR) is 68.6 cm³/mol. The fourth-order valence-corrected chi connectivity index (χ4v) is 1.98. The molecule has 0 aromatic rings. The fraction of sp³-hybridized carbons (Fsp3) is 0.833. The Morgan fingerprint density at radius 3 is 1.69 bits per heavy atom. The SMILES string of the molecule is C=CP(=O)(OCCC(C)C)OCCC(C)C. The van der Waals surface area contributed by atoms with E-state index in [1.807, 2.05) is 0 Å². The molecule has 0 aliphatic carbocycles. The molecular weight excluding hydrogens is 223 g/mol. The maximum atomic E-state index is 12.0. The van der Waals surface area contributed by atoms with Crippen molar-refractivity contribution in [2.45, 2.75) is 40.5 Å². The van der Waals surface area contributed by atoms with Gasteiger partial charge in [0.1, 0.15) is 0 Å². The van der Waals surface area contributed by atoms with Crippen LogP contribution in [0.5, 0.6) is 0 Å². The van der Waals surface area contributed by atoms with Gasteiger partial charge in [-0.15, -0.1) is 0 Å². The molecule has 4 heteroatoms. The molecule has 0 bridgehead atoms. The summed E-state index contributed by atoms with van der Waals surface area (Å²) in [5.41, 5.74) is 0. The Morgan fingerprint density at radius 2 is 1.44 bits per heavy atom. The zero-order chi connectivity index (χ0) is 12.6. The van der Waals surface area contributed by atoms with Gasteiger partial charge in [-0.05, 0) is 24.7 Å². The van der Waals surface area contributed by atoms with Gasteiger partial charge in [-0.1, -0.05) is 34.3 Å². The Balaban J connectivity index is 3.91. The molecule has 0 aliphatic heterocycles. The first-order valence-corrected chi connectivity index (χ1v) is 7.53. The van der Waals surface area contributed by atoms with E-state index in [0.717, 1.165) is 12.8 Å². The van der Waals surface area contributed by atoms with Gasteiger partial charge < -0.3 is 9.05 Å². The molecule has 0 rings (SSSR count). The molecule has 0 unspecified atom stereocenters. The van der Waals surface area contributed by atoms with Gasteiger partial charge in [-0.2, -0.15) is 0 Å². The summed E-state index contributed by atoms with van der Waals surface area (Å²) in [4.78, 5) is 0. The van der Waals surface area contributed by atoms with Crippen molar-refractivity contribution < 1.29 is 13.6 Å². The molecular formula is C12H25O3P. The van der Waals surface area contributed by atoms with Crippen molar-refractivity contribution in [3.8, 4) is 0 Å². The smallest absolute Gasteiger partial charge is 0.306 e. The molecule has 0 aromatic heterocycles. The molecule has 0 saturated carbocycles. The first-order chi connectivity index (χ1) is 7.39. The van der Waals surface area contributed by atoms with E-state index >= 15 is 0 Å². The van der Waals surface area contributed by atoms with Gasteiger partial charge in [-0.25, -0.2) is 0 Å². The van der Waals surface area contributed by atoms with Gasteiger partial charge in [-0.3, -0.25) is 4.57 Å².